The lowest BCUT2D eigenvalue weighted by Gasteiger charge is -2.26. The average molecular weight is 481 g/mol. The molecule has 0 aromatic carbocycles. The highest BCUT2D eigenvalue weighted by Crippen LogP contribution is 2.07. The summed E-state index contributed by atoms with van der Waals surface area (Å²) in [5.74, 6) is -4.29. The van der Waals surface area contributed by atoms with Crippen molar-refractivity contribution in [3.8, 4) is 0 Å². The quantitative estimate of drug-likeness (QED) is 0.145. The average Bonchev–Trinajstić information content (AvgIpc) is 2.69. The van der Waals surface area contributed by atoms with Gasteiger partial charge in [-0.1, -0.05) is 13.8 Å². The lowest BCUT2D eigenvalue weighted by atomic mass is 10.0. The van der Waals surface area contributed by atoms with Crippen molar-refractivity contribution in [2.45, 2.75) is 57.3 Å². The van der Waals surface area contributed by atoms with Gasteiger partial charge >= 0.3 is 11.9 Å². The Labute approximate surface area is 191 Å². The molecular weight excluding hydrogens is 448 g/mol. The van der Waals surface area contributed by atoms with E-state index in [1.54, 1.807) is 13.8 Å². The van der Waals surface area contributed by atoms with Crippen LogP contribution in [0.1, 0.15) is 33.1 Å². The monoisotopic (exact) mass is 480 g/mol. The zero-order valence-electron chi connectivity index (χ0n) is 17.8. The Morgan fingerprint density at radius 3 is 1.97 bits per heavy atom. The first-order valence-electron chi connectivity index (χ1n) is 9.65. The maximum Gasteiger partial charge on any atom is 0.327 e. The van der Waals surface area contributed by atoms with Crippen molar-refractivity contribution < 1.29 is 34.2 Å². The van der Waals surface area contributed by atoms with Gasteiger partial charge in [-0.05, 0) is 30.8 Å². The van der Waals surface area contributed by atoms with E-state index in [4.69, 9.17) is 15.9 Å². The van der Waals surface area contributed by atoms with E-state index < -0.39 is 53.8 Å². The molecule has 4 atom stereocenters. The number of carboxylic acids is 2. The minimum atomic E-state index is -1.25. The third-order valence-corrected chi connectivity index (χ3v) is 5.30. The molecule has 0 spiro atoms. The normalized spacial score (nSPS) is 14.8. The molecule has 7 N–H and O–H groups in total. The second kappa shape index (κ2) is 14.9. The third kappa shape index (κ3) is 11.3. The van der Waals surface area contributed by atoms with Gasteiger partial charge in [0.05, 0.1) is 6.04 Å². The van der Waals surface area contributed by atoms with E-state index in [0.717, 1.165) is 0 Å². The standard InChI is InChI=1S/C18H32N4O7S2/c1-9(2)14(17(27)21-12(8-30)18(28)29)22-16(26)11(6-7-31-3)20-15(25)10(19)4-5-13(23)24/h9-12,14,30H,4-8,19H2,1-3H3,(H,20,25)(H,21,27)(H,22,26)(H,23,24)(H,28,29). The van der Waals surface area contributed by atoms with E-state index in [0.29, 0.717) is 5.75 Å². The van der Waals surface area contributed by atoms with E-state index >= 15 is 0 Å². The van der Waals surface area contributed by atoms with Crippen molar-refractivity contribution >= 4 is 54.1 Å². The molecule has 0 aliphatic heterocycles. The third-order valence-electron chi connectivity index (χ3n) is 4.29. The molecule has 0 heterocycles. The van der Waals surface area contributed by atoms with Gasteiger partial charge in [0.15, 0.2) is 0 Å². The van der Waals surface area contributed by atoms with E-state index in [1.807, 2.05) is 6.26 Å². The van der Waals surface area contributed by atoms with Gasteiger partial charge in [-0.3, -0.25) is 19.2 Å². The molecule has 0 aromatic heterocycles. The predicted molar refractivity (Wildman–Crippen MR) is 120 cm³/mol. The molecule has 0 aliphatic carbocycles. The summed E-state index contributed by atoms with van der Waals surface area (Å²) in [6, 6.07) is -4.35. The fraction of sp³-hybridized carbons (Fsp3) is 0.722. The van der Waals surface area contributed by atoms with Crippen LogP contribution in [0.2, 0.25) is 0 Å². The zero-order chi connectivity index (χ0) is 24.1. The first kappa shape index (κ1) is 29.0. The Balaban J connectivity index is 5.26. The minimum Gasteiger partial charge on any atom is -0.481 e. The number of nitrogens with two attached hydrogens (primary N) is 1. The Hall–Kier alpha value is -1.99. The van der Waals surface area contributed by atoms with Gasteiger partial charge in [0, 0.05) is 12.2 Å². The summed E-state index contributed by atoms with van der Waals surface area (Å²) in [5.41, 5.74) is 5.70. The summed E-state index contributed by atoms with van der Waals surface area (Å²) in [6.07, 6.45) is 1.70. The highest BCUT2D eigenvalue weighted by atomic mass is 32.2. The largest absolute Gasteiger partial charge is 0.481 e. The topological polar surface area (TPSA) is 188 Å². The first-order chi connectivity index (χ1) is 14.4. The summed E-state index contributed by atoms with van der Waals surface area (Å²) in [7, 11) is 0. The van der Waals surface area contributed by atoms with Crippen LogP contribution in [0.25, 0.3) is 0 Å². The van der Waals surface area contributed by atoms with Crippen LogP contribution < -0.4 is 21.7 Å². The van der Waals surface area contributed by atoms with Crippen LogP contribution >= 0.6 is 24.4 Å². The summed E-state index contributed by atoms with van der Waals surface area (Å²) in [4.78, 5) is 59.4. The number of carbonyl (C=O) groups excluding carboxylic acids is 3. The zero-order valence-corrected chi connectivity index (χ0v) is 19.5. The summed E-state index contributed by atoms with van der Waals surface area (Å²) < 4.78 is 0. The van der Waals surface area contributed by atoms with Gasteiger partial charge in [-0.15, -0.1) is 0 Å². The van der Waals surface area contributed by atoms with Gasteiger partial charge < -0.3 is 31.9 Å². The van der Waals surface area contributed by atoms with Crippen molar-refractivity contribution in [3.63, 3.8) is 0 Å². The Kier molecular flexibility index (Phi) is 14.0. The number of amides is 3. The van der Waals surface area contributed by atoms with Crippen LogP contribution in [0, 0.1) is 5.92 Å². The second-order valence-electron chi connectivity index (χ2n) is 7.19. The van der Waals surface area contributed by atoms with E-state index in [2.05, 4.69) is 28.6 Å². The summed E-state index contributed by atoms with van der Waals surface area (Å²) in [6.45, 7) is 3.36. The number of aliphatic carboxylic acids is 2. The fourth-order valence-corrected chi connectivity index (χ4v) is 3.15. The van der Waals surface area contributed by atoms with Gasteiger partial charge in [0.2, 0.25) is 17.7 Å². The van der Waals surface area contributed by atoms with Crippen LogP contribution in [0.5, 0.6) is 0 Å². The van der Waals surface area contributed by atoms with Crippen LogP contribution in [0.3, 0.4) is 0 Å². The van der Waals surface area contributed by atoms with Gasteiger partial charge in [-0.2, -0.15) is 24.4 Å². The SMILES string of the molecule is CSCCC(NC(=O)C(N)CCC(=O)O)C(=O)NC(C(=O)NC(CS)C(=O)O)C(C)C. The van der Waals surface area contributed by atoms with Crippen LogP contribution in [0.4, 0.5) is 0 Å². The van der Waals surface area contributed by atoms with E-state index in [-0.39, 0.29) is 30.9 Å². The maximum atomic E-state index is 12.8. The van der Waals surface area contributed by atoms with Crippen LogP contribution in [-0.2, 0) is 24.0 Å². The minimum absolute atomic E-state index is 0.0879. The Bertz CT molecular complexity index is 648. The molecule has 0 saturated carbocycles. The lowest BCUT2D eigenvalue weighted by Crippen LogP contribution is -2.58. The highest BCUT2D eigenvalue weighted by molar-refractivity contribution is 7.98. The molecule has 0 aliphatic rings. The molecule has 11 nitrogen and oxygen atoms in total. The molecule has 0 saturated heterocycles. The van der Waals surface area contributed by atoms with Crippen molar-refractivity contribution in [2.75, 3.05) is 17.8 Å². The fourth-order valence-electron chi connectivity index (χ4n) is 2.43. The van der Waals surface area contributed by atoms with Crippen molar-refractivity contribution in [2.24, 2.45) is 11.7 Å². The highest BCUT2D eigenvalue weighted by Gasteiger charge is 2.31. The van der Waals surface area contributed by atoms with Crippen LogP contribution in [-0.4, -0.2) is 81.8 Å². The molecule has 31 heavy (non-hydrogen) atoms. The molecule has 4 unspecified atom stereocenters. The van der Waals surface area contributed by atoms with Gasteiger partial charge in [0.1, 0.15) is 18.1 Å². The number of hydrogen-bond acceptors (Lipinski definition) is 8. The second-order valence-corrected chi connectivity index (χ2v) is 8.54. The van der Waals surface area contributed by atoms with Gasteiger partial charge in [0.25, 0.3) is 0 Å². The van der Waals surface area contributed by atoms with E-state index in [9.17, 15) is 24.0 Å². The predicted octanol–water partition coefficient (Wildman–Crippen LogP) is -0.944. The van der Waals surface area contributed by atoms with Gasteiger partial charge in [-0.25, -0.2) is 4.79 Å². The molecule has 0 bridgehead atoms. The van der Waals surface area contributed by atoms with Crippen molar-refractivity contribution in [1.82, 2.24) is 16.0 Å². The molecule has 0 aromatic rings. The van der Waals surface area contributed by atoms with E-state index in [1.165, 1.54) is 11.8 Å². The molecule has 13 heteroatoms. The molecule has 0 radical (unpaired) electrons. The first-order valence-corrected chi connectivity index (χ1v) is 11.7. The summed E-state index contributed by atoms with van der Waals surface area (Å²) in [5, 5.41) is 25.2. The smallest absolute Gasteiger partial charge is 0.327 e. The molecule has 0 rings (SSSR count). The number of hydrogen-bond donors (Lipinski definition) is 7. The van der Waals surface area contributed by atoms with Crippen LogP contribution in [0.15, 0.2) is 0 Å². The molecule has 178 valence electrons. The Morgan fingerprint density at radius 1 is 0.935 bits per heavy atom. The maximum absolute atomic E-state index is 12.8. The number of thioether (sulfide) groups is 1. The van der Waals surface area contributed by atoms with Crippen molar-refractivity contribution in [3.05, 3.63) is 0 Å². The number of carbonyl (C=O) groups is 5. The Morgan fingerprint density at radius 2 is 1.52 bits per heavy atom. The number of rotatable bonds is 15. The lowest BCUT2D eigenvalue weighted by molar-refractivity contribution is -0.142. The molecule has 3 amide bonds. The number of nitrogens with one attached hydrogen (secondary N) is 3. The number of carboxylic acid groups (broad SMARTS) is 2. The number of thiol groups is 1. The molecular formula is C18H32N4O7S2. The molecule has 0 fully saturated rings. The summed E-state index contributed by atoms with van der Waals surface area (Å²) >= 11 is 5.35. The van der Waals surface area contributed by atoms with Crippen molar-refractivity contribution in [1.29, 1.82) is 0 Å².